The number of aromatic nitrogens is 2. The van der Waals surface area contributed by atoms with E-state index in [0.29, 0.717) is 17.5 Å². The van der Waals surface area contributed by atoms with Gasteiger partial charge in [0.25, 0.3) is 5.69 Å². The molecule has 0 aliphatic rings. The number of thioether (sulfide) groups is 1. The molecule has 0 bridgehead atoms. The highest BCUT2D eigenvalue weighted by molar-refractivity contribution is 8.13. The number of benzene rings is 3. The van der Waals surface area contributed by atoms with Gasteiger partial charge in [-0.1, -0.05) is 92.6 Å². The summed E-state index contributed by atoms with van der Waals surface area (Å²) in [6.45, 7) is 2.20. The van der Waals surface area contributed by atoms with Gasteiger partial charge in [-0.3, -0.25) is 10.1 Å². The van der Waals surface area contributed by atoms with Crippen LogP contribution in [0.2, 0.25) is 10.2 Å². The average Bonchev–Trinajstić information content (AvgIpc) is 3.05. The van der Waals surface area contributed by atoms with Gasteiger partial charge in [0.1, 0.15) is 22.8 Å². The van der Waals surface area contributed by atoms with Gasteiger partial charge in [0.05, 0.1) is 15.5 Å². The molecule has 0 saturated carbocycles. The Morgan fingerprint density at radius 1 is 0.918 bits per heavy atom. The number of carbonyl (C=O) groups is 2. The number of carboxylic acid groups (broad SMARTS) is 1. The summed E-state index contributed by atoms with van der Waals surface area (Å²) in [4.78, 5) is 33.0. The highest BCUT2D eigenvalue weighted by Crippen LogP contribution is 2.37. The molecule has 4 aromatic rings. The summed E-state index contributed by atoms with van der Waals surface area (Å²) in [5, 5.41) is 27.2. The predicted molar refractivity (Wildman–Crippen MR) is 181 cm³/mol. The third-order valence-corrected chi connectivity index (χ3v) is 7.86. The minimum absolute atomic E-state index is 0.125. The zero-order valence-corrected chi connectivity index (χ0v) is 28.2. The summed E-state index contributed by atoms with van der Waals surface area (Å²) in [6, 6.07) is 16.3. The monoisotopic (exact) mass is 739 g/mol. The van der Waals surface area contributed by atoms with Crippen LogP contribution in [-0.2, 0) is 6.18 Å². The van der Waals surface area contributed by atoms with Crippen LogP contribution in [0, 0.1) is 10.1 Å². The predicted octanol–water partition coefficient (Wildman–Crippen LogP) is 11.1. The lowest BCUT2D eigenvalue weighted by molar-refractivity contribution is -0.385. The molecule has 0 unspecified atom stereocenters. The molecular weight excluding hydrogens is 710 g/mol. The summed E-state index contributed by atoms with van der Waals surface area (Å²) in [5.41, 5.74) is -0.905. The first-order valence-electron chi connectivity index (χ1n) is 14.8. The molecule has 0 spiro atoms. The number of nitro benzene ring substituents is 1. The van der Waals surface area contributed by atoms with E-state index >= 15 is 0 Å². The van der Waals surface area contributed by atoms with E-state index in [1.54, 1.807) is 0 Å². The zero-order valence-electron chi connectivity index (χ0n) is 25.9. The summed E-state index contributed by atoms with van der Waals surface area (Å²) in [5.74, 6) is -0.732. The molecule has 0 radical (unpaired) electrons. The first kappa shape index (κ1) is 39.0. The summed E-state index contributed by atoms with van der Waals surface area (Å²) < 4.78 is 48.4. The number of halogens is 5. The van der Waals surface area contributed by atoms with E-state index in [-0.39, 0.29) is 27.0 Å². The number of ether oxygens (including phenoxy) is 2. The largest absolute Gasteiger partial charge is 0.477 e. The van der Waals surface area contributed by atoms with Crippen LogP contribution in [0.3, 0.4) is 0 Å². The maximum absolute atomic E-state index is 12.6. The third-order valence-electron chi connectivity index (χ3n) is 6.57. The quantitative estimate of drug-likeness (QED) is 0.0609. The highest BCUT2D eigenvalue weighted by Gasteiger charge is 2.31. The Hall–Kier alpha value is -4.40. The van der Waals surface area contributed by atoms with Crippen LogP contribution < -0.4 is 9.47 Å². The van der Waals surface area contributed by atoms with Crippen molar-refractivity contribution in [3.05, 3.63) is 104 Å². The van der Waals surface area contributed by atoms with Crippen molar-refractivity contribution in [3.8, 4) is 28.5 Å². The lowest BCUT2D eigenvalue weighted by atomic mass is 10.1. The smallest absolute Gasteiger partial charge is 0.416 e. The van der Waals surface area contributed by atoms with Crippen molar-refractivity contribution in [1.29, 1.82) is 0 Å². The number of rotatable bonds is 13. The topological polar surface area (TPSA) is 142 Å². The lowest BCUT2D eigenvalue weighted by Crippen LogP contribution is -2.05. The Morgan fingerprint density at radius 3 is 2.24 bits per heavy atom. The fourth-order valence-corrected chi connectivity index (χ4v) is 5.20. The lowest BCUT2D eigenvalue weighted by Gasteiger charge is -2.11. The van der Waals surface area contributed by atoms with E-state index in [0.717, 1.165) is 54.5 Å². The molecule has 0 aliphatic carbocycles. The summed E-state index contributed by atoms with van der Waals surface area (Å²) in [7, 11) is 0. The Bertz CT molecular complexity index is 1750. The first-order valence-corrected chi connectivity index (χ1v) is 16.5. The number of alkyl halides is 3. The fraction of sp³-hybridized carbons (Fsp3) is 0.273. The van der Waals surface area contributed by atoms with Gasteiger partial charge >= 0.3 is 17.4 Å². The minimum Gasteiger partial charge on any atom is -0.477 e. The number of nitro groups is 1. The van der Waals surface area contributed by atoms with E-state index in [9.17, 15) is 32.9 Å². The van der Waals surface area contributed by atoms with Gasteiger partial charge in [0.2, 0.25) is 0 Å². The number of aromatic carboxylic acids is 1. The van der Waals surface area contributed by atoms with Crippen LogP contribution in [-0.4, -0.2) is 37.3 Å². The maximum Gasteiger partial charge on any atom is 0.416 e. The van der Waals surface area contributed by atoms with Gasteiger partial charge in [-0.05, 0) is 42.4 Å². The molecule has 0 aliphatic heterocycles. The van der Waals surface area contributed by atoms with E-state index in [1.165, 1.54) is 43.5 Å². The molecule has 3 aromatic carbocycles. The Kier molecular flexibility index (Phi) is 15.1. The maximum atomic E-state index is 12.6. The molecule has 1 heterocycles. The Balaban J connectivity index is 0.000000266. The van der Waals surface area contributed by atoms with E-state index in [2.05, 4.69) is 17.1 Å². The molecule has 1 aromatic heterocycles. The zero-order chi connectivity index (χ0) is 36.0. The van der Waals surface area contributed by atoms with Gasteiger partial charge in [-0.2, -0.15) is 13.2 Å². The van der Waals surface area contributed by atoms with Crippen LogP contribution in [0.5, 0.6) is 17.2 Å². The summed E-state index contributed by atoms with van der Waals surface area (Å²) >= 11 is 12.8. The van der Waals surface area contributed by atoms with Crippen LogP contribution >= 0.6 is 35.0 Å². The first-order chi connectivity index (χ1) is 23.3. The molecule has 16 heteroatoms. The number of unbranched alkanes of at least 4 members (excludes halogenated alkanes) is 5. The second-order valence-electron chi connectivity index (χ2n) is 10.2. The highest BCUT2D eigenvalue weighted by atomic mass is 35.5. The minimum atomic E-state index is -4.58. The third kappa shape index (κ3) is 12.5. The Morgan fingerprint density at radius 2 is 1.61 bits per heavy atom. The van der Waals surface area contributed by atoms with Crippen LogP contribution in [0.15, 0.2) is 72.8 Å². The number of hydrogen-bond donors (Lipinski definition) is 1. The molecule has 0 fully saturated rings. The van der Waals surface area contributed by atoms with Gasteiger partial charge in [0, 0.05) is 29.5 Å². The van der Waals surface area contributed by atoms with Crippen molar-refractivity contribution in [3.63, 3.8) is 0 Å². The fourth-order valence-electron chi connectivity index (χ4n) is 4.18. The van der Waals surface area contributed by atoms with Gasteiger partial charge in [-0.25, -0.2) is 9.59 Å². The molecule has 10 nitrogen and oxygen atoms in total. The van der Waals surface area contributed by atoms with Crippen molar-refractivity contribution < 1.29 is 42.3 Å². The van der Waals surface area contributed by atoms with E-state index < -0.39 is 33.9 Å². The average molecular weight is 741 g/mol. The van der Waals surface area contributed by atoms with Crippen LogP contribution in [0.25, 0.3) is 11.3 Å². The van der Waals surface area contributed by atoms with Gasteiger partial charge < -0.3 is 14.6 Å². The molecule has 4 rings (SSSR count). The van der Waals surface area contributed by atoms with Gasteiger partial charge in [0.15, 0.2) is 10.9 Å². The normalized spacial score (nSPS) is 10.9. The summed E-state index contributed by atoms with van der Waals surface area (Å²) in [6.07, 6.45) is 2.62. The number of nitrogens with zero attached hydrogens (tertiary/aromatic N) is 3. The standard InChI is InChI=1S/C19H23ClN2O2S.C14H7ClF3NO5/c1-2-3-4-5-6-10-13-25-19(23)24-16-14-17(20)21-22-18(16)15-11-8-7-9-12-15;15-10-5-7(14(16,17)18)1-4-12(10)24-8-2-3-11(19(22)23)9(6-8)13(20)21/h7-9,11-12,14H,2-6,10,13H2,1H3;1-6H,(H,20,21). The molecule has 0 amide bonds. The van der Waals surface area contributed by atoms with Crippen LogP contribution in [0.4, 0.5) is 23.7 Å². The van der Waals surface area contributed by atoms with Crippen molar-refractivity contribution in [2.45, 2.75) is 51.6 Å². The Labute approximate surface area is 293 Å². The molecule has 1 N–H and O–H groups in total. The van der Waals surface area contributed by atoms with Crippen LogP contribution in [0.1, 0.15) is 61.4 Å². The molecule has 0 atom stereocenters. The molecule has 49 heavy (non-hydrogen) atoms. The van der Waals surface area contributed by atoms with Crippen molar-refractivity contribution >= 4 is 51.9 Å². The number of carbonyl (C=O) groups excluding carboxylic acids is 1. The molecule has 0 saturated heterocycles. The molecular formula is C33H30Cl2F3N3O7S. The van der Waals surface area contributed by atoms with Crippen molar-refractivity contribution in [2.75, 3.05) is 5.75 Å². The molecule has 260 valence electrons. The van der Waals surface area contributed by atoms with Crippen molar-refractivity contribution in [1.82, 2.24) is 10.2 Å². The number of hydrogen-bond acceptors (Lipinski definition) is 9. The second-order valence-corrected chi connectivity index (χ2v) is 12.0. The van der Waals surface area contributed by atoms with E-state index in [4.69, 9.17) is 37.8 Å². The second kappa shape index (κ2) is 19.0. The van der Waals surface area contributed by atoms with Gasteiger partial charge in [-0.15, -0.1) is 10.2 Å². The van der Waals surface area contributed by atoms with Crippen molar-refractivity contribution in [2.24, 2.45) is 0 Å². The number of carboxylic acids is 1. The van der Waals surface area contributed by atoms with E-state index in [1.807, 2.05) is 30.3 Å². The SMILES string of the molecule is CCCCCCCCSC(=O)Oc1cc(Cl)nnc1-c1ccccc1.O=C(O)c1cc(Oc2ccc(C(F)(F)F)cc2Cl)ccc1[N+](=O)[O-].